The third-order valence-corrected chi connectivity index (χ3v) is 4.22. The summed E-state index contributed by atoms with van der Waals surface area (Å²) in [6, 6.07) is 5.46. The van der Waals surface area contributed by atoms with E-state index in [0.29, 0.717) is 17.0 Å². The second-order valence-electron chi connectivity index (χ2n) is 4.70. The number of aromatic nitrogens is 1. The van der Waals surface area contributed by atoms with E-state index in [0.717, 1.165) is 6.07 Å². The van der Waals surface area contributed by atoms with Crippen molar-refractivity contribution < 1.29 is 21.6 Å². The highest BCUT2D eigenvalue weighted by molar-refractivity contribution is 7.89. The van der Waals surface area contributed by atoms with Crippen LogP contribution in [0.25, 0.3) is 22.0 Å². The summed E-state index contributed by atoms with van der Waals surface area (Å²) in [5.41, 5.74) is 0.518. The predicted molar refractivity (Wildman–Crippen MR) is 75.0 cm³/mol. The molecule has 8 heteroatoms. The van der Waals surface area contributed by atoms with Crippen molar-refractivity contribution in [3.8, 4) is 11.1 Å². The second-order valence-corrected chi connectivity index (χ2v) is 6.23. The molecule has 4 nitrogen and oxygen atoms in total. The molecule has 0 spiro atoms. The van der Waals surface area contributed by atoms with Gasteiger partial charge in [-0.1, -0.05) is 12.1 Å². The molecule has 3 N–H and O–H groups in total. The Morgan fingerprint density at radius 2 is 1.64 bits per heavy atom. The van der Waals surface area contributed by atoms with Crippen LogP contribution in [-0.4, -0.2) is 13.4 Å². The fourth-order valence-corrected chi connectivity index (χ4v) is 2.95. The summed E-state index contributed by atoms with van der Waals surface area (Å²) in [7, 11) is -3.90. The number of nitrogens with two attached hydrogens (primary N) is 1. The fraction of sp³-hybridized carbons (Fsp3) is 0. The number of primary sulfonamides is 1. The van der Waals surface area contributed by atoms with Gasteiger partial charge in [0.25, 0.3) is 0 Å². The summed E-state index contributed by atoms with van der Waals surface area (Å²) in [6.07, 6.45) is 1.21. The number of nitrogens with one attached hydrogen (secondary N) is 1. The molecule has 0 aliphatic rings. The lowest BCUT2D eigenvalue weighted by Gasteiger charge is -2.05. The van der Waals surface area contributed by atoms with Gasteiger partial charge in [0.05, 0.1) is 0 Å². The molecule has 0 atom stereocenters. The molecule has 1 heterocycles. The summed E-state index contributed by atoms with van der Waals surface area (Å²) in [6.45, 7) is 0. The highest BCUT2D eigenvalue weighted by atomic mass is 32.2. The number of benzene rings is 2. The minimum Gasteiger partial charge on any atom is -0.360 e. The van der Waals surface area contributed by atoms with Crippen LogP contribution in [0.3, 0.4) is 0 Å². The molecule has 0 aliphatic carbocycles. The molecule has 0 aliphatic heterocycles. The molecule has 0 saturated heterocycles. The zero-order valence-corrected chi connectivity index (χ0v) is 11.7. The first-order chi connectivity index (χ1) is 10.3. The number of rotatable bonds is 2. The Morgan fingerprint density at radius 3 is 2.32 bits per heavy atom. The van der Waals surface area contributed by atoms with E-state index in [1.807, 2.05) is 0 Å². The molecule has 22 heavy (non-hydrogen) atoms. The van der Waals surface area contributed by atoms with Gasteiger partial charge >= 0.3 is 0 Å². The average molecular weight is 326 g/mol. The number of hydrogen-bond donors (Lipinski definition) is 2. The Morgan fingerprint density at radius 1 is 0.955 bits per heavy atom. The van der Waals surface area contributed by atoms with Crippen molar-refractivity contribution in [3.05, 3.63) is 54.0 Å². The Balaban J connectivity index is 2.21. The van der Waals surface area contributed by atoms with E-state index in [2.05, 4.69) is 4.98 Å². The fourth-order valence-electron chi connectivity index (χ4n) is 2.25. The molecule has 0 radical (unpaired) electrons. The minimum atomic E-state index is -3.90. The Hall–Kier alpha value is -2.32. The van der Waals surface area contributed by atoms with Crippen LogP contribution in [-0.2, 0) is 10.0 Å². The maximum Gasteiger partial charge on any atom is 0.240 e. The zero-order chi connectivity index (χ0) is 16.1. The SMILES string of the molecule is NS(=O)(=O)c1c[nH]c2cc(-c3cc(F)c(F)cc3F)ccc12. The smallest absolute Gasteiger partial charge is 0.240 e. The van der Waals surface area contributed by atoms with E-state index >= 15 is 0 Å². The maximum atomic E-state index is 13.8. The summed E-state index contributed by atoms with van der Waals surface area (Å²) < 4.78 is 62.8. The van der Waals surface area contributed by atoms with Crippen LogP contribution in [0.4, 0.5) is 13.2 Å². The molecular formula is C14H9F3N2O2S. The summed E-state index contributed by atoms with van der Waals surface area (Å²) >= 11 is 0. The summed E-state index contributed by atoms with van der Waals surface area (Å²) in [5, 5.41) is 5.41. The van der Waals surface area contributed by atoms with Crippen LogP contribution in [0, 0.1) is 17.5 Å². The molecule has 0 fully saturated rings. The van der Waals surface area contributed by atoms with Gasteiger partial charge in [0.15, 0.2) is 11.6 Å². The van der Waals surface area contributed by atoms with E-state index in [1.165, 1.54) is 24.4 Å². The first kappa shape index (κ1) is 14.6. The Bertz CT molecular complexity index is 997. The van der Waals surface area contributed by atoms with Crippen LogP contribution < -0.4 is 5.14 Å². The predicted octanol–water partition coefficient (Wildman–Crippen LogP) is 2.90. The van der Waals surface area contributed by atoms with Crippen molar-refractivity contribution in [1.82, 2.24) is 4.98 Å². The highest BCUT2D eigenvalue weighted by Crippen LogP contribution is 2.30. The van der Waals surface area contributed by atoms with Crippen LogP contribution in [0.2, 0.25) is 0 Å². The Kier molecular flexibility index (Phi) is 3.22. The van der Waals surface area contributed by atoms with Gasteiger partial charge in [0, 0.05) is 28.7 Å². The normalized spacial score (nSPS) is 12.0. The van der Waals surface area contributed by atoms with Gasteiger partial charge in [0.2, 0.25) is 10.0 Å². The molecule has 3 rings (SSSR count). The zero-order valence-electron chi connectivity index (χ0n) is 10.9. The third-order valence-electron chi connectivity index (χ3n) is 3.27. The van der Waals surface area contributed by atoms with Crippen LogP contribution in [0.5, 0.6) is 0 Å². The number of hydrogen-bond acceptors (Lipinski definition) is 2. The van der Waals surface area contributed by atoms with Crippen molar-refractivity contribution in [2.45, 2.75) is 4.90 Å². The molecule has 3 aromatic rings. The molecule has 0 bridgehead atoms. The molecule has 0 unspecified atom stereocenters. The van der Waals surface area contributed by atoms with Gasteiger partial charge in [-0.25, -0.2) is 26.7 Å². The molecular weight excluding hydrogens is 317 g/mol. The third kappa shape index (κ3) is 2.36. The van der Waals surface area contributed by atoms with Gasteiger partial charge in [-0.05, 0) is 17.7 Å². The van der Waals surface area contributed by atoms with E-state index < -0.39 is 27.5 Å². The first-order valence-corrected chi connectivity index (χ1v) is 7.61. The lowest BCUT2D eigenvalue weighted by Crippen LogP contribution is -2.11. The number of fused-ring (bicyclic) bond motifs is 1. The molecule has 0 saturated carbocycles. The number of sulfonamides is 1. The van der Waals surface area contributed by atoms with E-state index in [4.69, 9.17) is 5.14 Å². The van der Waals surface area contributed by atoms with E-state index in [9.17, 15) is 21.6 Å². The second kappa shape index (κ2) is 4.85. The van der Waals surface area contributed by atoms with Crippen LogP contribution in [0.1, 0.15) is 0 Å². The van der Waals surface area contributed by atoms with Gasteiger partial charge < -0.3 is 4.98 Å². The van der Waals surface area contributed by atoms with Crippen LogP contribution in [0.15, 0.2) is 41.4 Å². The van der Waals surface area contributed by atoms with Gasteiger partial charge in [-0.15, -0.1) is 0 Å². The lowest BCUT2D eigenvalue weighted by molar-refractivity contribution is 0.496. The van der Waals surface area contributed by atoms with Gasteiger partial charge in [-0.2, -0.15) is 0 Å². The van der Waals surface area contributed by atoms with Crippen molar-refractivity contribution in [1.29, 1.82) is 0 Å². The molecule has 1 aromatic heterocycles. The van der Waals surface area contributed by atoms with Gasteiger partial charge in [-0.3, -0.25) is 0 Å². The topological polar surface area (TPSA) is 76.0 Å². The molecule has 0 amide bonds. The van der Waals surface area contributed by atoms with Crippen LogP contribution >= 0.6 is 0 Å². The average Bonchev–Trinajstić information content (AvgIpc) is 2.85. The minimum absolute atomic E-state index is 0.0974. The maximum absolute atomic E-state index is 13.8. The van der Waals surface area contributed by atoms with Crippen molar-refractivity contribution in [2.24, 2.45) is 5.14 Å². The van der Waals surface area contributed by atoms with Crippen molar-refractivity contribution >= 4 is 20.9 Å². The van der Waals surface area contributed by atoms with E-state index in [1.54, 1.807) is 0 Å². The summed E-state index contributed by atoms with van der Waals surface area (Å²) in [4.78, 5) is 2.60. The van der Waals surface area contributed by atoms with Crippen molar-refractivity contribution in [2.75, 3.05) is 0 Å². The number of aromatic amines is 1. The number of H-pyrrole nitrogens is 1. The molecule has 2 aromatic carbocycles. The van der Waals surface area contributed by atoms with Gasteiger partial charge in [0.1, 0.15) is 10.7 Å². The van der Waals surface area contributed by atoms with E-state index in [-0.39, 0.29) is 16.0 Å². The largest absolute Gasteiger partial charge is 0.360 e. The van der Waals surface area contributed by atoms with Crippen molar-refractivity contribution in [3.63, 3.8) is 0 Å². The Labute approximate surface area is 123 Å². The first-order valence-electron chi connectivity index (χ1n) is 6.06. The molecule has 114 valence electrons. The lowest BCUT2D eigenvalue weighted by atomic mass is 10.0. The quantitative estimate of drug-likeness (QED) is 0.711. The monoisotopic (exact) mass is 326 g/mol. The number of halogens is 3. The summed E-state index contributed by atoms with van der Waals surface area (Å²) in [5.74, 6) is -3.37. The standard InChI is InChI=1S/C14H9F3N2O2S/c15-10-5-12(17)11(16)4-9(10)7-1-2-8-13(3-7)19-6-14(8)22(18,20)21/h1-6,19H,(H2,18,20,21). The highest BCUT2D eigenvalue weighted by Gasteiger charge is 2.16.